The fourth-order valence-corrected chi connectivity index (χ4v) is 13.1. The van der Waals surface area contributed by atoms with Crippen molar-refractivity contribution in [3.63, 3.8) is 0 Å². The number of carbonyl (C=O) groups is 4. The van der Waals surface area contributed by atoms with Gasteiger partial charge in [-0.05, 0) is 140 Å². The van der Waals surface area contributed by atoms with Gasteiger partial charge in [0, 0.05) is 36.3 Å². The minimum Gasteiger partial charge on any atom is -0.446 e. The number of carbonyl (C=O) groups excluding carboxylic acids is 4. The van der Waals surface area contributed by atoms with Crippen molar-refractivity contribution in [3.05, 3.63) is 0 Å². The Morgan fingerprint density at radius 1 is 0.421 bits per heavy atom. The Balaban J connectivity index is 0.915. The maximum Gasteiger partial charge on any atom is 0.407 e. The van der Waals surface area contributed by atoms with Crippen molar-refractivity contribution in [3.8, 4) is 0 Å². The van der Waals surface area contributed by atoms with Gasteiger partial charge in [0.05, 0.1) is 10.5 Å². The number of nitrogens with one attached hydrogen (secondary N) is 6. The van der Waals surface area contributed by atoms with Crippen molar-refractivity contribution in [1.82, 2.24) is 31.9 Å². The lowest BCUT2D eigenvalue weighted by Gasteiger charge is -2.37. The van der Waals surface area contributed by atoms with Gasteiger partial charge in [-0.3, -0.25) is 0 Å². The van der Waals surface area contributed by atoms with Gasteiger partial charge in [0.25, 0.3) is 0 Å². The van der Waals surface area contributed by atoms with Crippen LogP contribution in [-0.2, 0) is 19.3 Å². The molecule has 0 aromatic carbocycles. The zero-order chi connectivity index (χ0) is 40.4. The Morgan fingerprint density at radius 3 is 1.18 bits per heavy atom. The van der Waals surface area contributed by atoms with Crippen molar-refractivity contribution in [2.45, 2.75) is 227 Å². The third-order valence-electron chi connectivity index (χ3n) is 14.2. The molecule has 0 aromatic rings. The van der Waals surface area contributed by atoms with Crippen LogP contribution in [0.4, 0.5) is 19.2 Å². The monoisotopic (exact) mass is 821 g/mol. The molecule has 10 atom stereocenters. The number of amides is 6. The SMILES string of the molecule is CC1CCC(NC(=O)NC2CCCC(S(=O)(=O)C3CCCC(NC(=O)NC4CCC(C)C(NC(=O)OC5CCCCC5)C4)C3)C2)CC1NC(=O)OC1CCCCC1. The van der Waals surface area contributed by atoms with Crippen LogP contribution in [0.5, 0.6) is 0 Å². The second kappa shape index (κ2) is 20.8. The van der Waals surface area contributed by atoms with Gasteiger partial charge in [-0.2, -0.15) is 0 Å². The Hall–Kier alpha value is -2.97. The lowest BCUT2D eigenvalue weighted by atomic mass is 9.83. The molecular weight excluding hydrogens is 749 g/mol. The van der Waals surface area contributed by atoms with E-state index in [2.05, 4.69) is 45.7 Å². The Bertz CT molecular complexity index is 1360. The highest BCUT2D eigenvalue weighted by Crippen LogP contribution is 2.34. The fourth-order valence-electron chi connectivity index (χ4n) is 10.6. The molecule has 6 rings (SSSR count). The molecule has 6 N–H and O–H groups in total. The average molecular weight is 821 g/mol. The van der Waals surface area contributed by atoms with Crippen LogP contribution in [0.25, 0.3) is 0 Å². The summed E-state index contributed by atoms with van der Waals surface area (Å²) in [5.41, 5.74) is 0. The molecule has 14 nitrogen and oxygen atoms in total. The van der Waals surface area contributed by atoms with Gasteiger partial charge in [-0.25, -0.2) is 27.6 Å². The standard InChI is InChI=1S/C42H72N6O8S/c1-27-19-21-31(25-37(27)47-41(51)55-33-13-5-3-6-14-33)45-39(49)43-29-11-9-17-35(23-29)57(53,54)36-18-10-12-30(24-36)44-40(50)46-32-22-20-28(2)38(26-32)48-42(52)56-34-15-7-4-8-16-34/h27-38H,3-26H2,1-2H3,(H,47,51)(H,48,52)(H2,43,45,49)(H2,44,46,50). The van der Waals surface area contributed by atoms with Gasteiger partial charge in [0.2, 0.25) is 0 Å². The summed E-state index contributed by atoms with van der Waals surface area (Å²) in [6, 6.07) is -1.42. The van der Waals surface area contributed by atoms with Crippen molar-refractivity contribution >= 4 is 34.1 Å². The lowest BCUT2D eigenvalue weighted by Crippen LogP contribution is -2.54. The van der Waals surface area contributed by atoms with E-state index in [9.17, 15) is 27.6 Å². The van der Waals surface area contributed by atoms with Gasteiger partial charge in [0.15, 0.2) is 9.84 Å². The van der Waals surface area contributed by atoms with Crippen molar-refractivity contribution < 1.29 is 37.1 Å². The van der Waals surface area contributed by atoms with E-state index in [4.69, 9.17) is 9.47 Å². The van der Waals surface area contributed by atoms with Crippen LogP contribution in [0.1, 0.15) is 168 Å². The molecule has 6 aliphatic rings. The highest BCUT2D eigenvalue weighted by molar-refractivity contribution is 7.92. The zero-order valence-corrected chi connectivity index (χ0v) is 35.4. The highest BCUT2D eigenvalue weighted by Gasteiger charge is 2.41. The number of ether oxygens (including phenoxy) is 2. The van der Waals surface area contributed by atoms with Crippen LogP contribution in [0, 0.1) is 11.8 Å². The number of alkyl carbamates (subject to hydrolysis) is 2. The van der Waals surface area contributed by atoms with Gasteiger partial charge in [-0.15, -0.1) is 0 Å². The van der Waals surface area contributed by atoms with Crippen molar-refractivity contribution in [2.75, 3.05) is 0 Å². The van der Waals surface area contributed by atoms with Gasteiger partial charge in [-0.1, -0.05) is 39.5 Å². The third kappa shape index (κ3) is 13.0. The predicted octanol–water partition coefficient (Wildman–Crippen LogP) is 6.85. The molecule has 0 aliphatic heterocycles. The largest absolute Gasteiger partial charge is 0.446 e. The molecule has 6 amide bonds. The molecule has 57 heavy (non-hydrogen) atoms. The second-order valence-electron chi connectivity index (χ2n) is 18.6. The molecule has 0 aromatic heterocycles. The average Bonchev–Trinajstić information content (AvgIpc) is 3.18. The van der Waals surface area contributed by atoms with E-state index < -0.39 is 20.3 Å². The minimum atomic E-state index is -3.50. The minimum absolute atomic E-state index is 0.0118. The van der Waals surface area contributed by atoms with Crippen LogP contribution < -0.4 is 31.9 Å². The van der Waals surface area contributed by atoms with Gasteiger partial charge < -0.3 is 41.4 Å². The lowest BCUT2D eigenvalue weighted by molar-refractivity contribution is 0.0675. The normalized spacial score (nSPS) is 34.5. The zero-order valence-electron chi connectivity index (χ0n) is 34.6. The molecule has 15 heteroatoms. The summed E-state index contributed by atoms with van der Waals surface area (Å²) in [4.78, 5) is 51.7. The Morgan fingerprint density at radius 2 is 0.789 bits per heavy atom. The van der Waals surface area contributed by atoms with Crippen LogP contribution >= 0.6 is 0 Å². The second-order valence-corrected chi connectivity index (χ2v) is 21.1. The molecule has 6 fully saturated rings. The molecule has 6 aliphatic carbocycles. The maximum atomic E-state index is 14.1. The summed E-state index contributed by atoms with van der Waals surface area (Å²) in [6.07, 6.45) is 19.1. The fraction of sp³-hybridized carbons (Fsp3) is 0.905. The smallest absolute Gasteiger partial charge is 0.407 e. The molecular formula is C42H72N6O8S. The van der Waals surface area contributed by atoms with E-state index in [0.29, 0.717) is 38.5 Å². The molecule has 10 unspecified atom stereocenters. The number of sulfone groups is 1. The number of hydrogen-bond donors (Lipinski definition) is 6. The predicted molar refractivity (Wildman–Crippen MR) is 219 cm³/mol. The summed E-state index contributed by atoms with van der Waals surface area (Å²) < 4.78 is 39.5. The summed E-state index contributed by atoms with van der Waals surface area (Å²) >= 11 is 0. The van der Waals surface area contributed by atoms with E-state index in [0.717, 1.165) is 103 Å². The highest BCUT2D eigenvalue weighted by atomic mass is 32.2. The van der Waals surface area contributed by atoms with Crippen molar-refractivity contribution in [2.24, 2.45) is 11.8 Å². The van der Waals surface area contributed by atoms with Gasteiger partial charge >= 0.3 is 24.2 Å². The first-order valence-corrected chi connectivity index (χ1v) is 24.3. The van der Waals surface area contributed by atoms with Crippen molar-refractivity contribution in [1.29, 1.82) is 0 Å². The molecule has 0 heterocycles. The molecule has 0 spiro atoms. The molecule has 0 bridgehead atoms. The van der Waals surface area contributed by atoms with Crippen LogP contribution in [0.2, 0.25) is 0 Å². The van der Waals surface area contributed by atoms with E-state index in [1.54, 1.807) is 0 Å². The first kappa shape index (κ1) is 43.6. The number of hydrogen-bond acceptors (Lipinski definition) is 8. The third-order valence-corrected chi connectivity index (χ3v) is 16.9. The van der Waals surface area contributed by atoms with Crippen LogP contribution in [-0.4, -0.2) is 91.6 Å². The van der Waals surface area contributed by atoms with Crippen LogP contribution in [0.3, 0.4) is 0 Å². The first-order chi connectivity index (χ1) is 27.4. The summed E-state index contributed by atoms with van der Waals surface area (Å²) in [6.45, 7) is 4.24. The molecule has 6 saturated carbocycles. The van der Waals surface area contributed by atoms with Crippen LogP contribution in [0.15, 0.2) is 0 Å². The van der Waals surface area contributed by atoms with E-state index in [1.807, 2.05) is 0 Å². The molecule has 0 radical (unpaired) electrons. The van der Waals surface area contributed by atoms with Gasteiger partial charge in [0.1, 0.15) is 12.2 Å². The maximum absolute atomic E-state index is 14.1. The van der Waals surface area contributed by atoms with E-state index >= 15 is 0 Å². The topological polar surface area (TPSA) is 193 Å². The molecule has 0 saturated heterocycles. The Kier molecular flexibility index (Phi) is 15.9. The summed E-state index contributed by atoms with van der Waals surface area (Å²) in [5, 5.41) is 17.4. The quantitative estimate of drug-likeness (QED) is 0.138. The first-order valence-electron chi connectivity index (χ1n) is 22.7. The number of rotatable bonds is 10. The van der Waals surface area contributed by atoms with E-state index in [-0.39, 0.29) is 84.5 Å². The summed E-state index contributed by atoms with van der Waals surface area (Å²) in [5.74, 6) is 0.553. The number of urea groups is 2. The summed E-state index contributed by atoms with van der Waals surface area (Å²) in [7, 11) is -3.50. The Labute approximate surface area is 340 Å². The van der Waals surface area contributed by atoms with E-state index in [1.165, 1.54) is 12.8 Å². The molecule has 324 valence electrons.